The van der Waals surface area contributed by atoms with Crippen LogP contribution in [0.25, 0.3) is 0 Å². The van der Waals surface area contributed by atoms with Crippen LogP contribution >= 0.6 is 12.2 Å². The highest BCUT2D eigenvalue weighted by Crippen LogP contribution is 2.25. The molecule has 21 heavy (non-hydrogen) atoms. The Hall–Kier alpha value is -1.00. The molecule has 1 saturated heterocycles. The molecule has 0 aliphatic carbocycles. The van der Waals surface area contributed by atoms with E-state index in [2.05, 4.69) is 18.7 Å². The third kappa shape index (κ3) is 4.75. The first-order valence-electron chi connectivity index (χ1n) is 7.77. The van der Waals surface area contributed by atoms with Crippen molar-refractivity contribution < 1.29 is 4.39 Å². The summed E-state index contributed by atoms with van der Waals surface area (Å²) >= 11 is 4.95. The van der Waals surface area contributed by atoms with Gasteiger partial charge in [-0.25, -0.2) is 4.39 Å². The zero-order chi connectivity index (χ0) is 15.4. The van der Waals surface area contributed by atoms with E-state index in [9.17, 15) is 4.39 Å². The molecule has 0 bridgehead atoms. The number of rotatable bonds is 4. The molecule has 1 heterocycles. The largest absolute Gasteiger partial charge is 0.389 e. The van der Waals surface area contributed by atoms with Crippen molar-refractivity contribution in [2.45, 2.75) is 39.7 Å². The average molecular weight is 308 g/mol. The molecule has 116 valence electrons. The number of halogens is 1. The minimum atomic E-state index is -0.259. The van der Waals surface area contributed by atoms with E-state index in [1.54, 1.807) is 6.07 Å². The summed E-state index contributed by atoms with van der Waals surface area (Å²) in [5.41, 5.74) is 7.19. The second-order valence-electron chi connectivity index (χ2n) is 6.42. The van der Waals surface area contributed by atoms with Gasteiger partial charge in [0.25, 0.3) is 0 Å². The van der Waals surface area contributed by atoms with Crippen molar-refractivity contribution >= 4 is 17.2 Å². The first-order valence-corrected chi connectivity index (χ1v) is 8.18. The van der Waals surface area contributed by atoms with Crippen molar-refractivity contribution in [2.75, 3.05) is 13.1 Å². The third-order valence-electron chi connectivity index (χ3n) is 4.46. The van der Waals surface area contributed by atoms with Gasteiger partial charge in [-0.15, -0.1) is 0 Å². The quantitative estimate of drug-likeness (QED) is 0.860. The Bertz CT molecular complexity index is 502. The van der Waals surface area contributed by atoms with Crippen molar-refractivity contribution in [1.29, 1.82) is 0 Å². The van der Waals surface area contributed by atoms with Crippen LogP contribution in [0.15, 0.2) is 18.2 Å². The summed E-state index contributed by atoms with van der Waals surface area (Å²) < 4.78 is 13.7. The SMILES string of the molecule is CC(C)C1CCCN(Cc2cc(F)cc(C(N)=S)c2)CC1. The smallest absolute Gasteiger partial charge is 0.124 e. The minimum Gasteiger partial charge on any atom is -0.389 e. The Morgan fingerprint density at radius 1 is 1.33 bits per heavy atom. The molecule has 0 radical (unpaired) electrons. The van der Waals surface area contributed by atoms with Crippen LogP contribution < -0.4 is 5.73 Å². The van der Waals surface area contributed by atoms with E-state index in [0.29, 0.717) is 5.56 Å². The van der Waals surface area contributed by atoms with E-state index in [1.165, 1.54) is 25.3 Å². The molecule has 0 saturated carbocycles. The normalized spacial score (nSPS) is 20.5. The average Bonchev–Trinajstić information content (AvgIpc) is 2.63. The lowest BCUT2D eigenvalue weighted by atomic mass is 9.89. The van der Waals surface area contributed by atoms with Gasteiger partial charge in [-0.3, -0.25) is 4.90 Å². The summed E-state index contributed by atoms with van der Waals surface area (Å²) in [6.07, 6.45) is 3.75. The number of hydrogen-bond donors (Lipinski definition) is 1. The van der Waals surface area contributed by atoms with Crippen molar-refractivity contribution in [3.05, 3.63) is 35.1 Å². The zero-order valence-electron chi connectivity index (χ0n) is 12.9. The van der Waals surface area contributed by atoms with Gasteiger partial charge < -0.3 is 5.73 Å². The maximum atomic E-state index is 13.7. The molecular weight excluding hydrogens is 283 g/mol. The van der Waals surface area contributed by atoms with E-state index in [1.807, 2.05) is 6.07 Å². The van der Waals surface area contributed by atoms with Gasteiger partial charge in [0, 0.05) is 12.1 Å². The fraction of sp³-hybridized carbons (Fsp3) is 0.588. The number of hydrogen-bond acceptors (Lipinski definition) is 2. The molecule has 4 heteroatoms. The van der Waals surface area contributed by atoms with Crippen LogP contribution in [0, 0.1) is 17.7 Å². The van der Waals surface area contributed by atoms with E-state index in [-0.39, 0.29) is 10.8 Å². The molecular formula is C17H25FN2S. The fourth-order valence-electron chi connectivity index (χ4n) is 3.15. The third-order valence-corrected chi connectivity index (χ3v) is 4.69. The summed E-state index contributed by atoms with van der Waals surface area (Å²) in [4.78, 5) is 2.67. The number of nitrogens with two attached hydrogens (primary N) is 1. The van der Waals surface area contributed by atoms with Gasteiger partial charge in [0.1, 0.15) is 10.8 Å². The first-order chi connectivity index (χ1) is 9.95. The Morgan fingerprint density at radius 3 is 2.76 bits per heavy atom. The second kappa shape index (κ2) is 7.32. The minimum absolute atomic E-state index is 0.256. The van der Waals surface area contributed by atoms with Gasteiger partial charge in [0.15, 0.2) is 0 Å². The molecule has 1 aliphatic rings. The zero-order valence-corrected chi connectivity index (χ0v) is 13.8. The Labute approximate surface area is 132 Å². The molecule has 1 fully saturated rings. The second-order valence-corrected chi connectivity index (χ2v) is 6.86. The molecule has 0 amide bonds. The lowest BCUT2D eigenvalue weighted by Gasteiger charge is -2.21. The maximum absolute atomic E-state index is 13.7. The number of benzene rings is 1. The fourth-order valence-corrected chi connectivity index (χ4v) is 3.27. The van der Waals surface area contributed by atoms with Gasteiger partial charge in [-0.1, -0.05) is 26.1 Å². The van der Waals surface area contributed by atoms with Gasteiger partial charge in [-0.2, -0.15) is 0 Å². The Kier molecular flexibility index (Phi) is 5.71. The lowest BCUT2D eigenvalue weighted by molar-refractivity contribution is 0.264. The highest BCUT2D eigenvalue weighted by atomic mass is 32.1. The van der Waals surface area contributed by atoms with Crippen LogP contribution in [0.5, 0.6) is 0 Å². The van der Waals surface area contributed by atoms with Gasteiger partial charge in [0.05, 0.1) is 0 Å². The molecule has 1 aromatic carbocycles. The van der Waals surface area contributed by atoms with Crippen LogP contribution in [0.4, 0.5) is 4.39 Å². The summed E-state index contributed by atoms with van der Waals surface area (Å²) in [5.74, 6) is 1.31. The summed E-state index contributed by atoms with van der Waals surface area (Å²) in [5, 5.41) is 0. The predicted octanol–water partition coefficient (Wildman–Crippen LogP) is 3.72. The van der Waals surface area contributed by atoms with Gasteiger partial charge in [-0.05, 0) is 68.0 Å². The summed E-state index contributed by atoms with van der Waals surface area (Å²) in [6.45, 7) is 7.56. The Balaban J connectivity index is 2.03. The molecule has 1 atom stereocenters. The van der Waals surface area contributed by atoms with E-state index in [0.717, 1.165) is 37.0 Å². The molecule has 0 spiro atoms. The topological polar surface area (TPSA) is 29.3 Å². The molecule has 2 nitrogen and oxygen atoms in total. The molecule has 2 rings (SSSR count). The monoisotopic (exact) mass is 308 g/mol. The van der Waals surface area contributed by atoms with Crippen molar-refractivity contribution in [3.63, 3.8) is 0 Å². The van der Waals surface area contributed by atoms with E-state index < -0.39 is 0 Å². The van der Waals surface area contributed by atoms with Gasteiger partial charge in [0.2, 0.25) is 0 Å². The van der Waals surface area contributed by atoms with E-state index >= 15 is 0 Å². The molecule has 1 aliphatic heterocycles. The lowest BCUT2D eigenvalue weighted by Crippen LogP contribution is -2.25. The van der Waals surface area contributed by atoms with Crippen molar-refractivity contribution in [2.24, 2.45) is 17.6 Å². The summed E-state index contributed by atoms with van der Waals surface area (Å²) in [7, 11) is 0. The van der Waals surface area contributed by atoms with Crippen molar-refractivity contribution in [3.8, 4) is 0 Å². The molecule has 1 aromatic rings. The molecule has 2 N–H and O–H groups in total. The number of thiocarbonyl (C=S) groups is 1. The van der Waals surface area contributed by atoms with Crippen LogP contribution in [0.2, 0.25) is 0 Å². The van der Waals surface area contributed by atoms with Crippen LogP contribution in [0.1, 0.15) is 44.2 Å². The Morgan fingerprint density at radius 2 is 2.10 bits per heavy atom. The molecule has 0 aromatic heterocycles. The highest BCUT2D eigenvalue weighted by Gasteiger charge is 2.19. The molecule has 1 unspecified atom stereocenters. The standard InChI is InChI=1S/C17H25FN2S/c1-12(2)14-4-3-6-20(7-5-14)11-13-8-15(17(19)21)10-16(18)9-13/h8-10,12,14H,3-7,11H2,1-2H3,(H2,19,21). The van der Waals surface area contributed by atoms with Crippen LogP contribution in [-0.4, -0.2) is 23.0 Å². The van der Waals surface area contributed by atoms with Gasteiger partial charge >= 0.3 is 0 Å². The van der Waals surface area contributed by atoms with Crippen LogP contribution in [-0.2, 0) is 6.54 Å². The summed E-state index contributed by atoms with van der Waals surface area (Å²) in [6, 6.07) is 4.91. The van der Waals surface area contributed by atoms with Crippen molar-refractivity contribution in [1.82, 2.24) is 4.90 Å². The number of likely N-dealkylation sites (tertiary alicyclic amines) is 1. The van der Waals surface area contributed by atoms with E-state index in [4.69, 9.17) is 18.0 Å². The number of nitrogens with zero attached hydrogens (tertiary/aromatic N) is 1. The maximum Gasteiger partial charge on any atom is 0.124 e. The highest BCUT2D eigenvalue weighted by molar-refractivity contribution is 7.80. The first kappa shape index (κ1) is 16.4. The predicted molar refractivity (Wildman–Crippen MR) is 89.7 cm³/mol. The van der Waals surface area contributed by atoms with Crippen LogP contribution in [0.3, 0.4) is 0 Å².